The molecule has 5 rings (SSSR count). The Bertz CT molecular complexity index is 1590. The minimum atomic E-state index is -0.974. The van der Waals surface area contributed by atoms with Crippen LogP contribution in [0.5, 0.6) is 11.6 Å². The van der Waals surface area contributed by atoms with E-state index >= 15 is 0 Å². The summed E-state index contributed by atoms with van der Waals surface area (Å²) in [5, 5.41) is 17.2. The number of aliphatic carboxylic acids is 1. The van der Waals surface area contributed by atoms with Gasteiger partial charge in [0.1, 0.15) is 5.75 Å². The van der Waals surface area contributed by atoms with E-state index in [4.69, 9.17) is 9.84 Å². The maximum atomic E-state index is 10.9. The average molecular weight is 489 g/mol. The normalized spacial score (nSPS) is 12.0. The third-order valence-corrected chi connectivity index (χ3v) is 5.97. The first-order chi connectivity index (χ1) is 18.1. The number of hydrogen-bond acceptors (Lipinski definition) is 5. The fourth-order valence-corrected chi connectivity index (χ4v) is 4.25. The molecule has 0 saturated heterocycles. The van der Waals surface area contributed by atoms with Crippen LogP contribution in [0.1, 0.15) is 35.6 Å². The standard InChI is InChI=1S/C30H24N4O3/c1-2-26(21-8-11-25(12-9-21)37-28-19-31-15-16-32-28)30(23-10-13-27-24(17-23)18-33-34-27)22-6-3-20(4-7-22)5-14-29(35)36/h3-19H,2H2,1H3,(H,33,34)(H,35,36). The number of fused-ring (bicyclic) bond motifs is 1. The lowest BCUT2D eigenvalue weighted by Gasteiger charge is -2.17. The number of benzene rings is 3. The largest absolute Gasteiger partial charge is 0.478 e. The molecule has 0 aliphatic heterocycles. The molecule has 2 aromatic heterocycles. The molecule has 5 aromatic rings. The topological polar surface area (TPSA) is 101 Å². The van der Waals surface area contributed by atoms with E-state index in [-0.39, 0.29) is 0 Å². The van der Waals surface area contributed by atoms with Crippen LogP contribution < -0.4 is 4.74 Å². The van der Waals surface area contributed by atoms with Crippen LogP contribution in [-0.4, -0.2) is 31.2 Å². The van der Waals surface area contributed by atoms with Crippen molar-refractivity contribution < 1.29 is 14.6 Å². The highest BCUT2D eigenvalue weighted by Crippen LogP contribution is 2.36. The Balaban J connectivity index is 1.58. The quantitative estimate of drug-likeness (QED) is 0.188. The van der Waals surface area contributed by atoms with E-state index in [9.17, 15) is 4.79 Å². The van der Waals surface area contributed by atoms with Gasteiger partial charge >= 0.3 is 5.97 Å². The van der Waals surface area contributed by atoms with Gasteiger partial charge in [0.15, 0.2) is 0 Å². The minimum Gasteiger partial charge on any atom is -0.478 e. The Labute approximate surface area is 213 Å². The lowest BCUT2D eigenvalue weighted by Crippen LogP contribution is -1.96. The van der Waals surface area contributed by atoms with Gasteiger partial charge in [-0.1, -0.05) is 49.4 Å². The second-order valence-electron chi connectivity index (χ2n) is 8.34. The van der Waals surface area contributed by atoms with Gasteiger partial charge in [-0.2, -0.15) is 5.10 Å². The number of nitrogens with zero attached hydrogens (tertiary/aromatic N) is 3. The number of rotatable bonds is 8. The van der Waals surface area contributed by atoms with Gasteiger partial charge in [-0.3, -0.25) is 10.1 Å². The molecule has 7 heteroatoms. The fraction of sp³-hybridized carbons (Fsp3) is 0.0667. The highest BCUT2D eigenvalue weighted by molar-refractivity contribution is 6.00. The number of H-pyrrole nitrogens is 1. The number of aromatic amines is 1. The zero-order chi connectivity index (χ0) is 25.6. The van der Waals surface area contributed by atoms with Crippen LogP contribution in [0.25, 0.3) is 28.1 Å². The van der Waals surface area contributed by atoms with E-state index in [0.29, 0.717) is 11.6 Å². The SMILES string of the molecule is CCC(=C(c1ccc(C=CC(=O)O)cc1)c1ccc2[nH]ncc2c1)c1ccc(Oc2cnccn2)cc1. The molecule has 0 aliphatic rings. The zero-order valence-electron chi connectivity index (χ0n) is 20.1. The molecule has 0 unspecified atom stereocenters. The number of carboxylic acids is 1. The summed E-state index contributed by atoms with van der Waals surface area (Å²) >= 11 is 0. The van der Waals surface area contributed by atoms with Gasteiger partial charge in [-0.05, 0) is 70.2 Å². The maximum Gasteiger partial charge on any atom is 0.328 e. The summed E-state index contributed by atoms with van der Waals surface area (Å²) in [6.07, 6.45) is 10.1. The highest BCUT2D eigenvalue weighted by Gasteiger charge is 2.14. The summed E-state index contributed by atoms with van der Waals surface area (Å²) < 4.78 is 5.82. The average Bonchev–Trinajstić information content (AvgIpc) is 3.40. The van der Waals surface area contributed by atoms with Crippen molar-refractivity contribution in [2.24, 2.45) is 0 Å². The lowest BCUT2D eigenvalue weighted by molar-refractivity contribution is -0.131. The number of nitrogens with one attached hydrogen (secondary N) is 1. The van der Waals surface area contributed by atoms with Gasteiger partial charge in [0.2, 0.25) is 5.88 Å². The molecule has 2 heterocycles. The molecular formula is C30H24N4O3. The monoisotopic (exact) mass is 488 g/mol. The minimum absolute atomic E-state index is 0.438. The summed E-state index contributed by atoms with van der Waals surface area (Å²) in [5.41, 5.74) is 7.24. The van der Waals surface area contributed by atoms with Crippen molar-refractivity contribution in [2.45, 2.75) is 13.3 Å². The molecule has 0 amide bonds. The molecule has 0 spiro atoms. The van der Waals surface area contributed by atoms with Crippen molar-refractivity contribution in [3.63, 3.8) is 0 Å². The molecule has 0 radical (unpaired) electrons. The third kappa shape index (κ3) is 5.46. The van der Waals surface area contributed by atoms with Crippen LogP contribution in [0.15, 0.2) is 97.6 Å². The van der Waals surface area contributed by atoms with Gasteiger partial charge in [0, 0.05) is 23.9 Å². The Morgan fingerprint density at radius 1 is 0.946 bits per heavy atom. The lowest BCUT2D eigenvalue weighted by atomic mass is 9.87. The second-order valence-corrected chi connectivity index (χ2v) is 8.34. The Morgan fingerprint density at radius 2 is 1.70 bits per heavy atom. The number of carbonyl (C=O) groups is 1. The van der Waals surface area contributed by atoms with Crippen molar-refractivity contribution in [1.82, 2.24) is 20.2 Å². The molecule has 37 heavy (non-hydrogen) atoms. The van der Waals surface area contributed by atoms with Crippen molar-refractivity contribution in [3.8, 4) is 11.6 Å². The van der Waals surface area contributed by atoms with Crippen molar-refractivity contribution in [2.75, 3.05) is 0 Å². The molecule has 7 nitrogen and oxygen atoms in total. The van der Waals surface area contributed by atoms with Gasteiger partial charge in [-0.15, -0.1) is 0 Å². The summed E-state index contributed by atoms with van der Waals surface area (Å²) in [7, 11) is 0. The molecule has 3 aromatic carbocycles. The van der Waals surface area contributed by atoms with Crippen LogP contribution in [0.4, 0.5) is 0 Å². The maximum absolute atomic E-state index is 10.9. The zero-order valence-corrected chi connectivity index (χ0v) is 20.1. The number of allylic oxidation sites excluding steroid dienone is 1. The molecular weight excluding hydrogens is 464 g/mol. The second kappa shape index (κ2) is 10.7. The van der Waals surface area contributed by atoms with E-state index in [2.05, 4.69) is 39.2 Å². The van der Waals surface area contributed by atoms with Crippen LogP contribution >= 0.6 is 0 Å². The first-order valence-electron chi connectivity index (χ1n) is 11.8. The number of hydrogen-bond donors (Lipinski definition) is 2. The van der Waals surface area contributed by atoms with E-state index in [0.717, 1.165) is 51.2 Å². The molecule has 0 aliphatic carbocycles. The Morgan fingerprint density at radius 3 is 2.41 bits per heavy atom. The van der Waals surface area contributed by atoms with E-state index in [1.807, 2.05) is 60.8 Å². The summed E-state index contributed by atoms with van der Waals surface area (Å²) in [5.74, 6) is 0.140. The summed E-state index contributed by atoms with van der Waals surface area (Å²) in [6, 6.07) is 22.1. The van der Waals surface area contributed by atoms with Crippen LogP contribution in [0.3, 0.4) is 0 Å². The van der Waals surface area contributed by atoms with Gasteiger partial charge in [-0.25, -0.2) is 9.78 Å². The van der Waals surface area contributed by atoms with E-state index in [1.54, 1.807) is 24.7 Å². The third-order valence-electron chi connectivity index (χ3n) is 5.97. The number of aromatic nitrogens is 4. The van der Waals surface area contributed by atoms with Gasteiger partial charge < -0.3 is 9.84 Å². The number of carboxylic acid groups (broad SMARTS) is 1. The predicted octanol–water partition coefficient (Wildman–Crippen LogP) is 6.61. The van der Waals surface area contributed by atoms with Crippen molar-refractivity contribution in [3.05, 3.63) is 120 Å². The van der Waals surface area contributed by atoms with Crippen molar-refractivity contribution in [1.29, 1.82) is 0 Å². The Hall–Kier alpha value is -5.04. The molecule has 0 fully saturated rings. The fourth-order valence-electron chi connectivity index (χ4n) is 4.25. The van der Waals surface area contributed by atoms with Gasteiger partial charge in [0.25, 0.3) is 0 Å². The van der Waals surface area contributed by atoms with E-state index in [1.165, 1.54) is 5.57 Å². The summed E-state index contributed by atoms with van der Waals surface area (Å²) in [4.78, 5) is 19.1. The molecule has 0 saturated carbocycles. The predicted molar refractivity (Wildman–Crippen MR) is 144 cm³/mol. The van der Waals surface area contributed by atoms with Crippen LogP contribution in [-0.2, 0) is 4.79 Å². The van der Waals surface area contributed by atoms with E-state index < -0.39 is 5.97 Å². The molecule has 0 atom stereocenters. The molecule has 0 bridgehead atoms. The van der Waals surface area contributed by atoms with Crippen LogP contribution in [0, 0.1) is 0 Å². The smallest absolute Gasteiger partial charge is 0.328 e. The van der Waals surface area contributed by atoms with Crippen molar-refractivity contribution >= 4 is 34.1 Å². The molecule has 2 N–H and O–H groups in total. The molecule has 182 valence electrons. The first-order valence-corrected chi connectivity index (χ1v) is 11.8. The van der Waals surface area contributed by atoms with Crippen LogP contribution in [0.2, 0.25) is 0 Å². The number of ether oxygens (including phenoxy) is 1. The summed E-state index contributed by atoms with van der Waals surface area (Å²) in [6.45, 7) is 2.14. The van der Waals surface area contributed by atoms with Gasteiger partial charge in [0.05, 0.1) is 17.9 Å². The Kier molecular flexibility index (Phi) is 6.85. The highest BCUT2D eigenvalue weighted by atomic mass is 16.5. The first kappa shape index (κ1) is 23.7.